The minimum atomic E-state index is -0.556. The third kappa shape index (κ3) is 2.72. The highest BCUT2D eigenvalue weighted by Crippen LogP contribution is 1.94. The molecule has 0 N–H and O–H groups in total. The van der Waals surface area contributed by atoms with Gasteiger partial charge in [-0.25, -0.2) is 4.79 Å². The summed E-state index contributed by atoms with van der Waals surface area (Å²) in [6.45, 7) is 4.84. The van der Waals surface area contributed by atoms with Gasteiger partial charge in [0, 0.05) is 5.57 Å². The molecule has 3 nitrogen and oxygen atoms in total. The molecule has 0 amide bonds. The van der Waals surface area contributed by atoms with Gasteiger partial charge in [-0.15, -0.1) is 0 Å². The molecule has 0 radical (unpaired) electrons. The fraction of sp³-hybridized carbons (Fsp3) is 0.250. The Morgan fingerprint density at radius 1 is 1.75 bits per heavy atom. The van der Waals surface area contributed by atoms with E-state index in [9.17, 15) is 4.79 Å². The lowest BCUT2D eigenvalue weighted by Crippen LogP contribution is -2.00. The van der Waals surface area contributed by atoms with Crippen molar-refractivity contribution in [2.24, 2.45) is 0 Å². The van der Waals surface area contributed by atoms with E-state index in [1.165, 1.54) is 6.92 Å². The van der Waals surface area contributed by atoms with Gasteiger partial charge in [0.1, 0.15) is 0 Å². The van der Waals surface area contributed by atoms with Gasteiger partial charge in [-0.05, 0) is 6.92 Å². The first-order chi connectivity index (χ1) is 3.68. The zero-order chi connectivity index (χ0) is 6.57. The lowest BCUT2D eigenvalue weighted by Gasteiger charge is -1.94. The van der Waals surface area contributed by atoms with E-state index in [0.717, 1.165) is 0 Å². The number of hydrogen-bond donors (Lipinski definition) is 0. The number of hydrogen-bond acceptors (Lipinski definition) is 3. The topological polar surface area (TPSA) is 35.5 Å². The Morgan fingerprint density at radius 3 is 2.38 bits per heavy atom. The van der Waals surface area contributed by atoms with Crippen LogP contribution in [0.3, 0.4) is 0 Å². The smallest absolute Gasteiger partial charge is 0.291 e. The van der Waals surface area contributed by atoms with Crippen molar-refractivity contribution < 1.29 is 14.4 Å². The van der Waals surface area contributed by atoms with Crippen molar-refractivity contribution in [1.29, 1.82) is 0 Å². The Bertz CT molecular complexity index is 110. The molecule has 0 aliphatic carbocycles. The minimum Gasteiger partial charge on any atom is -0.291 e. The highest BCUT2D eigenvalue weighted by Gasteiger charge is 2.00. The van der Waals surface area contributed by atoms with Gasteiger partial charge in [-0.1, -0.05) is 6.58 Å². The maximum atomic E-state index is 10.3. The Labute approximate surface area is 49.9 Å². The van der Waals surface area contributed by atoms with E-state index in [-0.39, 0.29) is 0 Å². The monoisotopic (exact) mass is 134 g/mol. The second-order valence-corrected chi connectivity index (χ2v) is 1.44. The Balaban J connectivity index is 3.49. The van der Waals surface area contributed by atoms with Crippen LogP contribution in [0.5, 0.6) is 0 Å². The molecule has 4 heteroatoms. The van der Waals surface area contributed by atoms with Crippen molar-refractivity contribution in [3.8, 4) is 0 Å². The zero-order valence-corrected chi connectivity index (χ0v) is 5.66. The van der Waals surface area contributed by atoms with Crippen LogP contribution in [0.4, 0.5) is 0 Å². The molecule has 0 heterocycles. The van der Waals surface area contributed by atoms with Crippen LogP contribution in [0.15, 0.2) is 12.2 Å². The molecule has 0 rings (SSSR count). The van der Waals surface area contributed by atoms with Crippen molar-refractivity contribution in [3.05, 3.63) is 12.2 Å². The third-order valence-corrected chi connectivity index (χ3v) is 0.568. The predicted octanol–water partition coefficient (Wildman–Crippen LogP) is 0.827. The van der Waals surface area contributed by atoms with Gasteiger partial charge >= 0.3 is 5.97 Å². The third-order valence-electron chi connectivity index (χ3n) is 0.472. The minimum absolute atomic E-state index is 0.312. The summed E-state index contributed by atoms with van der Waals surface area (Å²) < 4.78 is 3.97. The molecule has 0 aliphatic rings. The number of carbonyl (C=O) groups excluding carboxylic acids is 1. The number of carbonyl (C=O) groups is 1. The summed E-state index contributed by atoms with van der Waals surface area (Å²) in [6, 6.07) is 0. The van der Waals surface area contributed by atoms with Gasteiger partial charge in [-0.3, -0.25) is 4.89 Å². The fourth-order valence-electron chi connectivity index (χ4n) is 0.115. The van der Waals surface area contributed by atoms with Crippen molar-refractivity contribution in [2.75, 3.05) is 0 Å². The summed E-state index contributed by atoms with van der Waals surface area (Å²) in [4.78, 5) is 14.3. The quantitative estimate of drug-likeness (QED) is 0.243. The lowest BCUT2D eigenvalue weighted by molar-refractivity contribution is -0.201. The van der Waals surface area contributed by atoms with Crippen LogP contribution in [-0.4, -0.2) is 5.97 Å². The van der Waals surface area contributed by atoms with Crippen LogP contribution < -0.4 is 0 Å². The van der Waals surface area contributed by atoms with Crippen LogP contribution in [0.25, 0.3) is 0 Å². The predicted molar refractivity (Wildman–Crippen MR) is 31.7 cm³/mol. The van der Waals surface area contributed by atoms with Crippen molar-refractivity contribution in [2.45, 2.75) is 6.92 Å². The largest absolute Gasteiger partial charge is 0.368 e. The molecule has 0 aromatic rings. The van der Waals surface area contributed by atoms with E-state index in [2.05, 4.69) is 16.1 Å². The molecule has 0 aliphatic heterocycles. The van der Waals surface area contributed by atoms with Crippen LogP contribution >= 0.6 is 9.47 Å². The Morgan fingerprint density at radius 2 is 2.25 bits per heavy atom. The van der Waals surface area contributed by atoms with Crippen LogP contribution in [0.1, 0.15) is 6.92 Å². The molecule has 46 valence electrons. The lowest BCUT2D eigenvalue weighted by atomic mass is 10.4. The first-order valence-corrected chi connectivity index (χ1v) is 2.39. The van der Waals surface area contributed by atoms with Gasteiger partial charge < -0.3 is 0 Å². The fourth-order valence-corrected chi connectivity index (χ4v) is 0.202. The van der Waals surface area contributed by atoms with Crippen LogP contribution in [0.2, 0.25) is 0 Å². The van der Waals surface area contributed by atoms with E-state index in [1.54, 1.807) is 9.47 Å². The molecule has 0 aromatic carbocycles. The van der Waals surface area contributed by atoms with Gasteiger partial charge in [0.25, 0.3) is 0 Å². The summed E-state index contributed by atoms with van der Waals surface area (Å²) in [5, 5.41) is 0. The summed E-state index contributed by atoms with van der Waals surface area (Å²) >= 11 is 0. The Hall–Kier alpha value is -0.400. The molecule has 1 unspecified atom stereocenters. The molecule has 8 heavy (non-hydrogen) atoms. The van der Waals surface area contributed by atoms with E-state index < -0.39 is 5.97 Å². The summed E-state index contributed by atoms with van der Waals surface area (Å²) in [6.07, 6.45) is 0. The highest BCUT2D eigenvalue weighted by molar-refractivity contribution is 7.09. The Kier molecular flexibility index (Phi) is 3.40. The van der Waals surface area contributed by atoms with E-state index >= 15 is 0 Å². The molecule has 0 fully saturated rings. The first-order valence-electron chi connectivity index (χ1n) is 1.91. The van der Waals surface area contributed by atoms with E-state index in [4.69, 9.17) is 0 Å². The maximum absolute atomic E-state index is 10.3. The average Bonchev–Trinajstić information content (AvgIpc) is 1.67. The SMILES string of the molecule is C=C(C)C(=O)OOP. The molecule has 0 spiro atoms. The van der Waals surface area contributed by atoms with Gasteiger partial charge in [0.15, 0.2) is 0 Å². The van der Waals surface area contributed by atoms with Gasteiger partial charge in [-0.2, -0.15) is 4.67 Å². The van der Waals surface area contributed by atoms with E-state index in [0.29, 0.717) is 5.57 Å². The molecule has 0 aromatic heterocycles. The van der Waals surface area contributed by atoms with Gasteiger partial charge in [0.2, 0.25) is 0 Å². The molecule has 0 saturated heterocycles. The zero-order valence-electron chi connectivity index (χ0n) is 4.51. The maximum Gasteiger partial charge on any atom is 0.368 e. The molecular formula is C4H7O3P. The summed E-state index contributed by atoms with van der Waals surface area (Å²) in [7, 11) is 1.78. The normalized spacial score (nSPS) is 8.25. The average molecular weight is 134 g/mol. The van der Waals surface area contributed by atoms with Crippen molar-refractivity contribution in [3.63, 3.8) is 0 Å². The standard InChI is InChI=1S/C4H7O3P/c1-3(2)4(5)6-7-8/h1,8H2,2H3. The first kappa shape index (κ1) is 7.60. The second kappa shape index (κ2) is 3.58. The second-order valence-electron chi connectivity index (χ2n) is 1.25. The molecule has 1 atom stereocenters. The van der Waals surface area contributed by atoms with Crippen molar-refractivity contribution >= 4 is 15.4 Å². The van der Waals surface area contributed by atoms with Crippen LogP contribution in [0, 0.1) is 0 Å². The number of rotatable bonds is 2. The molecule has 0 saturated carbocycles. The van der Waals surface area contributed by atoms with E-state index in [1.807, 2.05) is 0 Å². The highest BCUT2D eigenvalue weighted by atomic mass is 31.0. The van der Waals surface area contributed by atoms with Crippen molar-refractivity contribution in [1.82, 2.24) is 0 Å². The molecular weight excluding hydrogens is 127 g/mol. The van der Waals surface area contributed by atoms with Crippen LogP contribution in [-0.2, 0) is 14.4 Å². The summed E-state index contributed by atoms with van der Waals surface area (Å²) in [5.41, 5.74) is 0.312. The molecule has 0 bridgehead atoms. The summed E-state index contributed by atoms with van der Waals surface area (Å²) in [5.74, 6) is -0.556. The van der Waals surface area contributed by atoms with Gasteiger partial charge in [0.05, 0.1) is 9.47 Å².